The fourth-order valence-electron chi connectivity index (χ4n) is 8.28. The van der Waals surface area contributed by atoms with Crippen LogP contribution in [0.4, 0.5) is 0 Å². The molecule has 4 fully saturated rings. The zero-order valence-corrected chi connectivity index (χ0v) is 37.1. The molecular weight excluding hydrogens is 677 g/mol. The predicted octanol–water partition coefficient (Wildman–Crippen LogP) is 9.91. The van der Waals surface area contributed by atoms with E-state index in [-0.39, 0.29) is 59.8 Å². The smallest absolute Gasteiger partial charge is 0.192 e. The fraction of sp³-hybridized carbons (Fsp3) is 0.952. The largest absolute Gasteiger partial charge is 0.413 e. The molecule has 304 valence electrons. The predicted molar refractivity (Wildman–Crippen MR) is 208 cm³/mol. The third-order valence-corrected chi connectivity index (χ3v) is 16.1. The Morgan fingerprint density at radius 1 is 0.654 bits per heavy atom. The first-order valence-electron chi connectivity index (χ1n) is 20.4. The Balaban J connectivity index is 1.38. The van der Waals surface area contributed by atoms with Crippen molar-refractivity contribution in [1.82, 2.24) is 0 Å². The average molecular weight is 755 g/mol. The molecular formula is C42H78O9Si. The molecule has 0 aliphatic carbocycles. The molecule has 0 spiro atoms. The van der Waals surface area contributed by atoms with Gasteiger partial charge in [-0.2, -0.15) is 0 Å². The van der Waals surface area contributed by atoms with E-state index in [1.165, 1.54) is 0 Å². The minimum Gasteiger partial charge on any atom is -0.413 e. The summed E-state index contributed by atoms with van der Waals surface area (Å²) in [6.45, 7) is 37.4. The summed E-state index contributed by atoms with van der Waals surface area (Å²) in [6.07, 6.45) is 9.45. The van der Waals surface area contributed by atoms with Gasteiger partial charge in [0.1, 0.15) is 0 Å². The summed E-state index contributed by atoms with van der Waals surface area (Å²) in [5, 5.41) is 0.165. The third kappa shape index (κ3) is 12.8. The van der Waals surface area contributed by atoms with Crippen LogP contribution in [0.5, 0.6) is 0 Å². The molecule has 10 heteroatoms. The van der Waals surface area contributed by atoms with Crippen molar-refractivity contribution in [2.45, 2.75) is 232 Å². The normalized spacial score (nSPS) is 36.5. The minimum atomic E-state index is -1.91. The van der Waals surface area contributed by atoms with Gasteiger partial charge in [-0.05, 0) is 85.4 Å². The maximum atomic E-state index is 6.94. The van der Waals surface area contributed by atoms with E-state index in [9.17, 15) is 0 Å². The van der Waals surface area contributed by atoms with Crippen molar-refractivity contribution in [3.8, 4) is 0 Å². The van der Waals surface area contributed by atoms with Crippen LogP contribution in [0.2, 0.25) is 18.1 Å². The molecule has 4 heterocycles. The molecule has 4 rings (SSSR count). The first kappa shape index (κ1) is 44.3. The molecule has 0 unspecified atom stereocenters. The highest BCUT2D eigenvalue weighted by atomic mass is 28.4. The van der Waals surface area contributed by atoms with Crippen LogP contribution in [-0.2, 0) is 42.3 Å². The van der Waals surface area contributed by atoms with Gasteiger partial charge in [-0.25, -0.2) is 0 Å². The van der Waals surface area contributed by atoms with Crippen LogP contribution in [0.15, 0.2) is 12.2 Å². The second-order valence-electron chi connectivity index (χ2n) is 20.1. The highest BCUT2D eigenvalue weighted by molar-refractivity contribution is 6.74. The van der Waals surface area contributed by atoms with Crippen LogP contribution in [-0.4, -0.2) is 86.9 Å². The summed E-state index contributed by atoms with van der Waals surface area (Å²) >= 11 is 0. The zero-order valence-electron chi connectivity index (χ0n) is 36.1. The maximum absolute atomic E-state index is 6.94. The lowest BCUT2D eigenvalue weighted by atomic mass is 9.91. The van der Waals surface area contributed by atoms with E-state index in [4.69, 9.17) is 42.3 Å². The van der Waals surface area contributed by atoms with Gasteiger partial charge in [0.15, 0.2) is 31.5 Å². The van der Waals surface area contributed by atoms with E-state index in [1.807, 2.05) is 55.4 Å². The molecule has 9 nitrogen and oxygen atoms in total. The second-order valence-corrected chi connectivity index (χ2v) is 24.9. The van der Waals surface area contributed by atoms with E-state index < -0.39 is 31.5 Å². The summed E-state index contributed by atoms with van der Waals surface area (Å²) in [5.41, 5.74) is 0. The van der Waals surface area contributed by atoms with E-state index >= 15 is 0 Å². The van der Waals surface area contributed by atoms with Crippen LogP contribution < -0.4 is 0 Å². The Morgan fingerprint density at radius 3 is 1.56 bits per heavy atom. The van der Waals surface area contributed by atoms with Crippen molar-refractivity contribution in [2.24, 2.45) is 17.8 Å². The van der Waals surface area contributed by atoms with Gasteiger partial charge in [0, 0.05) is 44.4 Å². The fourth-order valence-corrected chi connectivity index (χ4v) is 9.81. The molecule has 0 bridgehead atoms. The zero-order chi connectivity index (χ0) is 39.1. The van der Waals surface area contributed by atoms with E-state index in [2.05, 4.69) is 73.7 Å². The summed E-state index contributed by atoms with van der Waals surface area (Å²) in [5.74, 6) is -1.71. The van der Waals surface area contributed by atoms with Crippen LogP contribution >= 0.6 is 0 Å². The number of rotatable bonds is 12. The molecule has 0 radical (unpaired) electrons. The monoisotopic (exact) mass is 755 g/mol. The van der Waals surface area contributed by atoms with E-state index in [0.29, 0.717) is 18.4 Å². The molecule has 0 amide bonds. The van der Waals surface area contributed by atoms with Gasteiger partial charge in [0.05, 0.1) is 55.4 Å². The summed E-state index contributed by atoms with van der Waals surface area (Å²) in [4.78, 5) is 0. The summed E-state index contributed by atoms with van der Waals surface area (Å²) in [7, 11) is -1.91. The minimum absolute atomic E-state index is 0.00140. The number of hydrogen-bond donors (Lipinski definition) is 0. The molecule has 0 saturated carbocycles. The first-order chi connectivity index (χ1) is 23.6. The molecule has 4 aliphatic rings. The Morgan fingerprint density at radius 2 is 1.10 bits per heavy atom. The van der Waals surface area contributed by atoms with Crippen molar-refractivity contribution in [3.63, 3.8) is 0 Å². The first-order valence-corrected chi connectivity index (χ1v) is 23.3. The van der Waals surface area contributed by atoms with Crippen molar-refractivity contribution in [3.05, 3.63) is 12.2 Å². The second kappa shape index (κ2) is 16.6. The Hall–Kier alpha value is -0.403. The van der Waals surface area contributed by atoms with Gasteiger partial charge in [-0.1, -0.05) is 60.6 Å². The number of hydrogen-bond acceptors (Lipinski definition) is 9. The highest BCUT2D eigenvalue weighted by Gasteiger charge is 2.45. The maximum Gasteiger partial charge on any atom is 0.192 e. The van der Waals surface area contributed by atoms with Crippen LogP contribution in [0, 0.1) is 17.8 Å². The van der Waals surface area contributed by atoms with Gasteiger partial charge >= 0.3 is 0 Å². The third-order valence-electron chi connectivity index (χ3n) is 11.6. The van der Waals surface area contributed by atoms with Crippen molar-refractivity contribution in [1.29, 1.82) is 0 Å². The van der Waals surface area contributed by atoms with Crippen molar-refractivity contribution >= 4 is 8.32 Å². The molecule has 0 N–H and O–H groups in total. The Bertz CT molecular complexity index is 1170. The lowest BCUT2D eigenvalue weighted by Gasteiger charge is -2.47. The molecule has 4 saturated heterocycles. The van der Waals surface area contributed by atoms with Crippen LogP contribution in [0.25, 0.3) is 0 Å². The van der Waals surface area contributed by atoms with Gasteiger partial charge in [-0.3, -0.25) is 0 Å². The molecule has 0 aromatic rings. The SMILES string of the molecule is CC(C)[C@@H](O[Si](C)(C)C(C)(C)C)[C@H](C)/C=C/[C@@H]1C[C@H](C[C@H]2C[C@H](C[C@H]3C[C@@H](C[C@@H]4OC(C)(C)OC[C@H]4C)OC(C)(C)O3)OC(C)(C)O2)OC(C)(C)O1. The van der Waals surface area contributed by atoms with Gasteiger partial charge in [-0.15, -0.1) is 0 Å². The lowest BCUT2D eigenvalue weighted by Crippen LogP contribution is -2.52. The van der Waals surface area contributed by atoms with E-state index in [0.717, 1.165) is 38.5 Å². The quantitative estimate of drug-likeness (QED) is 0.143. The Kier molecular flexibility index (Phi) is 14.1. The highest BCUT2D eigenvalue weighted by Crippen LogP contribution is 2.41. The average Bonchev–Trinajstić information content (AvgIpc) is 2.93. The molecule has 10 atom stereocenters. The summed E-state index contributed by atoms with van der Waals surface area (Å²) < 4.78 is 58.2. The van der Waals surface area contributed by atoms with Gasteiger partial charge < -0.3 is 42.3 Å². The topological polar surface area (TPSA) is 83.1 Å². The lowest BCUT2D eigenvalue weighted by molar-refractivity contribution is -0.337. The Labute approximate surface area is 319 Å². The van der Waals surface area contributed by atoms with E-state index in [1.54, 1.807) is 0 Å². The van der Waals surface area contributed by atoms with Crippen LogP contribution in [0.3, 0.4) is 0 Å². The molecule has 0 aromatic carbocycles. The van der Waals surface area contributed by atoms with Crippen molar-refractivity contribution in [2.75, 3.05) is 6.61 Å². The summed E-state index contributed by atoms with van der Waals surface area (Å²) in [6, 6.07) is 0. The molecule has 52 heavy (non-hydrogen) atoms. The van der Waals surface area contributed by atoms with Crippen molar-refractivity contribution < 1.29 is 42.3 Å². The van der Waals surface area contributed by atoms with Gasteiger partial charge in [0.2, 0.25) is 0 Å². The van der Waals surface area contributed by atoms with Gasteiger partial charge in [0.25, 0.3) is 0 Å². The molecule has 0 aromatic heterocycles. The molecule has 4 aliphatic heterocycles. The van der Waals surface area contributed by atoms with Crippen LogP contribution in [0.1, 0.15) is 142 Å². The standard InChI is InChI=1S/C42H78O9Si/c1-27(2)37(51-52(16,17)38(5,6)7)28(3)18-19-30-20-31(45-40(10,11)44-30)21-32-22-33(47-41(12,13)46-32)23-34-24-35(49-42(14,15)48-34)25-36-29(4)26-43-39(8,9)50-36/h18-19,27-37H,20-26H2,1-17H3/b19-18+/t28-,29-,30-,31-,32+,33-,34+,35+,36+,37-/m1/s1. The number of ether oxygens (including phenoxy) is 8.